The first-order valence-corrected chi connectivity index (χ1v) is 8.18. The average molecular weight is 300 g/mol. The monoisotopic (exact) mass is 299 g/mol. The van der Waals surface area contributed by atoms with Crippen LogP contribution in [0.5, 0.6) is 5.75 Å². The Hall–Kier alpha value is -0.710. The number of nitrogens with zero attached hydrogens (tertiary/aromatic N) is 1. The molecule has 2 rings (SSSR count). The Labute approximate surface area is 120 Å². The Morgan fingerprint density at radius 3 is 2.67 bits per heavy atom. The van der Waals surface area contributed by atoms with Crippen molar-refractivity contribution in [2.75, 3.05) is 6.26 Å². The molecule has 0 N–H and O–H groups in total. The maximum Gasteiger partial charge on any atom is 0.147 e. The molecule has 0 bridgehead atoms. The molecule has 0 aliphatic carbocycles. The van der Waals surface area contributed by atoms with Gasteiger partial charge in [0.05, 0.1) is 11.6 Å². The molecule has 0 amide bonds. The molecule has 1 aromatic heterocycles. The fourth-order valence-electron chi connectivity index (χ4n) is 1.48. The summed E-state index contributed by atoms with van der Waals surface area (Å²) < 4.78 is 5.85. The lowest BCUT2D eigenvalue weighted by molar-refractivity contribution is 0.226. The fourth-order valence-corrected chi connectivity index (χ4v) is 2.92. The van der Waals surface area contributed by atoms with E-state index in [4.69, 9.17) is 16.3 Å². The Morgan fingerprint density at radius 2 is 2.11 bits per heavy atom. The highest BCUT2D eigenvalue weighted by atomic mass is 35.5. The summed E-state index contributed by atoms with van der Waals surface area (Å²) in [6.07, 6.45) is 2.01. The van der Waals surface area contributed by atoms with Crippen LogP contribution in [-0.2, 0) is 5.88 Å². The van der Waals surface area contributed by atoms with Gasteiger partial charge in [-0.05, 0) is 37.4 Å². The molecule has 0 radical (unpaired) electrons. The van der Waals surface area contributed by atoms with Gasteiger partial charge in [0, 0.05) is 10.3 Å². The van der Waals surface area contributed by atoms with Crippen LogP contribution in [0.4, 0.5) is 0 Å². The third kappa shape index (κ3) is 3.40. The lowest BCUT2D eigenvalue weighted by Gasteiger charge is -2.12. The first-order valence-electron chi connectivity index (χ1n) is 5.54. The molecule has 0 aliphatic rings. The highest BCUT2D eigenvalue weighted by Crippen LogP contribution is 2.26. The largest absolute Gasteiger partial charge is 0.484 e. The molecule has 0 saturated carbocycles. The van der Waals surface area contributed by atoms with E-state index >= 15 is 0 Å². The predicted octanol–water partition coefficient (Wildman–Crippen LogP) is 4.74. The van der Waals surface area contributed by atoms with Crippen LogP contribution in [0.25, 0.3) is 0 Å². The van der Waals surface area contributed by atoms with Gasteiger partial charge >= 0.3 is 0 Å². The van der Waals surface area contributed by atoms with Gasteiger partial charge in [-0.25, -0.2) is 4.98 Å². The molecule has 2 nitrogen and oxygen atoms in total. The molecule has 1 unspecified atom stereocenters. The second-order valence-corrected chi connectivity index (χ2v) is 5.78. The normalized spacial score (nSPS) is 12.4. The summed E-state index contributed by atoms with van der Waals surface area (Å²) in [5, 5.41) is 2.93. The number of ether oxygens (including phenoxy) is 1. The van der Waals surface area contributed by atoms with Crippen molar-refractivity contribution in [1.29, 1.82) is 0 Å². The van der Waals surface area contributed by atoms with Crippen molar-refractivity contribution < 1.29 is 4.74 Å². The lowest BCUT2D eigenvalue weighted by atomic mass is 10.3. The van der Waals surface area contributed by atoms with E-state index in [9.17, 15) is 0 Å². The number of hydrogen-bond acceptors (Lipinski definition) is 4. The molecule has 5 heteroatoms. The van der Waals surface area contributed by atoms with Gasteiger partial charge in [0.2, 0.25) is 0 Å². The predicted molar refractivity (Wildman–Crippen MR) is 78.9 cm³/mol. The van der Waals surface area contributed by atoms with Crippen LogP contribution in [0.1, 0.15) is 23.7 Å². The summed E-state index contributed by atoms with van der Waals surface area (Å²) in [7, 11) is 0. The molecule has 0 saturated heterocycles. The Morgan fingerprint density at radius 1 is 1.39 bits per heavy atom. The van der Waals surface area contributed by atoms with Crippen molar-refractivity contribution in [2.24, 2.45) is 0 Å². The number of hydrogen-bond donors (Lipinski definition) is 0. The van der Waals surface area contributed by atoms with Crippen molar-refractivity contribution in [1.82, 2.24) is 4.98 Å². The quantitative estimate of drug-likeness (QED) is 0.588. The van der Waals surface area contributed by atoms with Gasteiger partial charge in [0.1, 0.15) is 16.9 Å². The van der Waals surface area contributed by atoms with Crippen LogP contribution < -0.4 is 4.74 Å². The standard InChI is InChI=1S/C13H14ClNOS2/c1-9(13-15-10(7-14)8-18-13)16-11-3-5-12(17-2)6-4-11/h3-6,8-9H,7H2,1-2H3. The zero-order valence-corrected chi connectivity index (χ0v) is 12.6. The molecule has 1 aromatic carbocycles. The minimum Gasteiger partial charge on any atom is -0.484 e. The second-order valence-electron chi connectivity index (χ2n) is 3.75. The SMILES string of the molecule is CSc1ccc(OC(C)c2nc(CCl)cs2)cc1. The summed E-state index contributed by atoms with van der Waals surface area (Å²) in [6, 6.07) is 8.08. The smallest absolute Gasteiger partial charge is 0.147 e. The van der Waals surface area contributed by atoms with Crippen molar-refractivity contribution in [2.45, 2.75) is 23.8 Å². The zero-order valence-electron chi connectivity index (χ0n) is 10.2. The molecule has 2 aromatic rings. The Kier molecular flexibility index (Phi) is 4.92. The number of aromatic nitrogens is 1. The molecule has 0 aliphatic heterocycles. The van der Waals surface area contributed by atoms with Gasteiger partial charge < -0.3 is 4.74 Å². The maximum absolute atomic E-state index is 5.85. The highest BCUT2D eigenvalue weighted by Gasteiger charge is 2.11. The van der Waals surface area contributed by atoms with Crippen molar-refractivity contribution in [3.05, 3.63) is 40.3 Å². The van der Waals surface area contributed by atoms with E-state index < -0.39 is 0 Å². The maximum atomic E-state index is 5.85. The van der Waals surface area contributed by atoms with Gasteiger partial charge in [-0.1, -0.05) is 0 Å². The lowest BCUT2D eigenvalue weighted by Crippen LogP contribution is -2.02. The van der Waals surface area contributed by atoms with Crippen molar-refractivity contribution >= 4 is 34.7 Å². The fraction of sp³-hybridized carbons (Fsp3) is 0.308. The minimum absolute atomic E-state index is 0.0490. The van der Waals surface area contributed by atoms with E-state index in [-0.39, 0.29) is 6.10 Å². The second kappa shape index (κ2) is 6.45. The zero-order chi connectivity index (χ0) is 13.0. The number of alkyl halides is 1. The van der Waals surface area contributed by atoms with E-state index in [1.54, 1.807) is 23.1 Å². The van der Waals surface area contributed by atoms with Gasteiger partial charge in [-0.2, -0.15) is 0 Å². The first-order chi connectivity index (χ1) is 8.72. The highest BCUT2D eigenvalue weighted by molar-refractivity contribution is 7.98. The van der Waals surface area contributed by atoms with Gasteiger partial charge in [-0.15, -0.1) is 34.7 Å². The van der Waals surface area contributed by atoms with E-state index in [0.29, 0.717) is 5.88 Å². The summed E-state index contributed by atoms with van der Waals surface area (Å²) in [6.45, 7) is 2.00. The van der Waals surface area contributed by atoms with Crippen LogP contribution in [-0.4, -0.2) is 11.2 Å². The summed E-state index contributed by atoms with van der Waals surface area (Å²) in [5.74, 6) is 1.31. The number of thiazole rings is 1. The van der Waals surface area contributed by atoms with E-state index in [1.807, 2.05) is 24.4 Å². The van der Waals surface area contributed by atoms with Gasteiger partial charge in [0.25, 0.3) is 0 Å². The number of halogens is 1. The summed E-state index contributed by atoms with van der Waals surface area (Å²) in [5.41, 5.74) is 0.907. The van der Waals surface area contributed by atoms with E-state index in [2.05, 4.69) is 23.4 Å². The van der Waals surface area contributed by atoms with Crippen LogP contribution in [0.3, 0.4) is 0 Å². The van der Waals surface area contributed by atoms with E-state index in [1.165, 1.54) is 4.90 Å². The number of rotatable bonds is 5. The molecule has 96 valence electrons. The molecule has 1 atom stereocenters. The van der Waals surface area contributed by atoms with Crippen molar-refractivity contribution in [3.8, 4) is 5.75 Å². The van der Waals surface area contributed by atoms with Crippen LogP contribution in [0, 0.1) is 0 Å². The number of benzene rings is 1. The molecular weight excluding hydrogens is 286 g/mol. The van der Waals surface area contributed by atoms with Gasteiger partial charge in [0.15, 0.2) is 0 Å². The Balaban J connectivity index is 2.03. The third-order valence-corrected chi connectivity index (χ3v) is 4.50. The third-order valence-electron chi connectivity index (χ3n) is 2.43. The summed E-state index contributed by atoms with van der Waals surface area (Å²) >= 11 is 9.04. The van der Waals surface area contributed by atoms with Gasteiger partial charge in [-0.3, -0.25) is 0 Å². The van der Waals surface area contributed by atoms with Crippen LogP contribution in [0.15, 0.2) is 34.5 Å². The summed E-state index contributed by atoms with van der Waals surface area (Å²) in [4.78, 5) is 5.65. The number of thioether (sulfide) groups is 1. The average Bonchev–Trinajstić information content (AvgIpc) is 2.88. The topological polar surface area (TPSA) is 22.1 Å². The van der Waals surface area contributed by atoms with Crippen molar-refractivity contribution in [3.63, 3.8) is 0 Å². The van der Waals surface area contributed by atoms with Crippen LogP contribution >= 0.6 is 34.7 Å². The minimum atomic E-state index is -0.0490. The van der Waals surface area contributed by atoms with Crippen LogP contribution in [0.2, 0.25) is 0 Å². The molecule has 18 heavy (non-hydrogen) atoms. The first kappa shape index (κ1) is 13.7. The molecule has 0 spiro atoms. The molecular formula is C13H14ClNOS2. The Bertz CT molecular complexity index is 498. The van der Waals surface area contributed by atoms with E-state index in [0.717, 1.165) is 16.5 Å². The molecule has 0 fully saturated rings. The molecule has 1 heterocycles.